The second kappa shape index (κ2) is 14.1. The summed E-state index contributed by atoms with van der Waals surface area (Å²) in [4.78, 5) is 22.1. The standard InChI is InChI=1S/C39H38N8O2/c1-2-41-37(48)28-18-22-33(23-19-28)47-34(36(44-45-47)38(49)43-32-20-21-32)26-40-27-35-42-24-25-46(35)39(29-12-6-3-7-13-29,30-14-8-4-9-15-30)31-16-10-5-11-17-31/h3-19,22-25,32,40H,2,20-21,26-27H2,1H3,(H,41,48)(H,43,49)/p-1. The Morgan fingerprint density at radius 2 is 1.45 bits per heavy atom. The summed E-state index contributed by atoms with van der Waals surface area (Å²) in [5, 5.41) is 27.6. The van der Waals surface area contributed by atoms with E-state index in [-0.39, 0.29) is 30.1 Å². The van der Waals surface area contributed by atoms with Crippen molar-refractivity contribution in [1.29, 1.82) is 0 Å². The Hall–Kier alpha value is -5.87. The molecule has 0 unspecified atom stereocenters. The number of hydrogen-bond acceptors (Lipinski definition) is 7. The van der Waals surface area contributed by atoms with Crippen LogP contribution in [-0.4, -0.2) is 48.9 Å². The molecular weight excluding hydrogens is 612 g/mol. The van der Waals surface area contributed by atoms with Gasteiger partial charge in [-0.15, -0.1) is 5.10 Å². The van der Waals surface area contributed by atoms with Crippen molar-refractivity contribution in [2.45, 2.75) is 44.4 Å². The number of carbonyl (C=O) groups is 1. The first kappa shape index (κ1) is 31.7. The number of imidazole rings is 1. The van der Waals surface area contributed by atoms with Crippen LogP contribution in [0.5, 0.6) is 0 Å². The van der Waals surface area contributed by atoms with Gasteiger partial charge in [-0.2, -0.15) is 0 Å². The minimum Gasteiger partial charge on any atom is -0.858 e. The molecule has 2 heterocycles. The molecule has 0 aliphatic heterocycles. The molecule has 10 heteroatoms. The predicted octanol–water partition coefficient (Wildman–Crippen LogP) is 4.61. The number of amides is 1. The first-order valence-corrected chi connectivity index (χ1v) is 16.6. The van der Waals surface area contributed by atoms with Crippen molar-refractivity contribution in [2.24, 2.45) is 4.99 Å². The molecule has 246 valence electrons. The van der Waals surface area contributed by atoms with Crippen molar-refractivity contribution in [3.63, 3.8) is 0 Å². The highest BCUT2D eigenvalue weighted by Gasteiger charge is 2.39. The molecule has 2 N–H and O–H groups in total. The van der Waals surface area contributed by atoms with Gasteiger partial charge in [0.15, 0.2) is 5.69 Å². The molecule has 0 spiro atoms. The SMILES string of the molecule is CCN=C([O-])c1ccc(-n2nnc(C(=O)NC3CC3)c2CNCc2nccn2C(c2ccccc2)(c2ccccc2)c2ccccc2)cc1. The average Bonchev–Trinajstić information content (AvgIpc) is 3.67. The van der Waals surface area contributed by atoms with Crippen LogP contribution in [0.3, 0.4) is 0 Å². The van der Waals surface area contributed by atoms with Crippen molar-refractivity contribution in [2.75, 3.05) is 6.54 Å². The highest BCUT2D eigenvalue weighted by atomic mass is 16.3. The molecule has 0 saturated heterocycles. The van der Waals surface area contributed by atoms with Crippen molar-refractivity contribution < 1.29 is 9.90 Å². The van der Waals surface area contributed by atoms with E-state index >= 15 is 0 Å². The van der Waals surface area contributed by atoms with E-state index in [1.54, 1.807) is 28.9 Å². The number of nitrogens with zero attached hydrogens (tertiary/aromatic N) is 6. The first-order valence-electron chi connectivity index (χ1n) is 16.6. The van der Waals surface area contributed by atoms with Crippen LogP contribution in [0.4, 0.5) is 0 Å². The van der Waals surface area contributed by atoms with Gasteiger partial charge in [0.25, 0.3) is 5.91 Å². The Morgan fingerprint density at radius 3 is 2.00 bits per heavy atom. The Bertz CT molecular complexity index is 1940. The number of nitrogens with one attached hydrogen (secondary N) is 2. The lowest BCUT2D eigenvalue weighted by Gasteiger charge is -2.38. The summed E-state index contributed by atoms with van der Waals surface area (Å²) in [6.45, 7) is 2.92. The third kappa shape index (κ3) is 6.38. The summed E-state index contributed by atoms with van der Waals surface area (Å²) in [6, 6.07) is 38.6. The van der Waals surface area contributed by atoms with Crippen LogP contribution in [0.2, 0.25) is 0 Å². The number of aromatic nitrogens is 5. The number of rotatable bonds is 13. The molecule has 6 aromatic rings. The molecule has 49 heavy (non-hydrogen) atoms. The van der Waals surface area contributed by atoms with E-state index in [9.17, 15) is 9.90 Å². The van der Waals surface area contributed by atoms with Gasteiger partial charge in [-0.3, -0.25) is 4.79 Å². The Kier molecular flexibility index (Phi) is 9.12. The van der Waals surface area contributed by atoms with E-state index in [1.807, 2.05) is 37.5 Å². The largest absolute Gasteiger partial charge is 0.858 e. The van der Waals surface area contributed by atoms with Gasteiger partial charge in [-0.05, 0) is 60.0 Å². The van der Waals surface area contributed by atoms with E-state index < -0.39 is 5.54 Å². The molecule has 1 amide bonds. The van der Waals surface area contributed by atoms with Gasteiger partial charge >= 0.3 is 0 Å². The third-order valence-corrected chi connectivity index (χ3v) is 8.78. The molecule has 1 aliphatic carbocycles. The maximum atomic E-state index is 13.3. The van der Waals surface area contributed by atoms with Crippen molar-refractivity contribution in [1.82, 2.24) is 35.2 Å². The molecule has 0 bridgehead atoms. The lowest BCUT2D eigenvalue weighted by molar-refractivity contribution is -0.213. The maximum absolute atomic E-state index is 13.3. The number of aliphatic imine (C=N–C) groups is 1. The zero-order valence-electron chi connectivity index (χ0n) is 27.2. The molecule has 4 aromatic carbocycles. The fourth-order valence-corrected chi connectivity index (χ4v) is 6.32. The monoisotopic (exact) mass is 649 g/mol. The molecule has 1 fully saturated rings. The van der Waals surface area contributed by atoms with Crippen LogP contribution < -0.4 is 15.7 Å². The number of hydrogen-bond donors (Lipinski definition) is 2. The minimum atomic E-state index is -0.709. The van der Waals surface area contributed by atoms with Crippen LogP contribution in [0.25, 0.3) is 5.69 Å². The number of benzene rings is 4. The third-order valence-electron chi connectivity index (χ3n) is 8.78. The molecule has 2 aromatic heterocycles. The minimum absolute atomic E-state index is 0.167. The highest BCUT2D eigenvalue weighted by Crippen LogP contribution is 2.41. The molecule has 7 rings (SSSR count). The van der Waals surface area contributed by atoms with Crippen LogP contribution in [-0.2, 0) is 18.6 Å². The van der Waals surface area contributed by atoms with Crippen molar-refractivity contribution in [3.05, 3.63) is 167 Å². The summed E-state index contributed by atoms with van der Waals surface area (Å²) in [5.41, 5.74) is 4.62. The van der Waals surface area contributed by atoms with E-state index in [0.717, 1.165) is 35.4 Å². The van der Waals surface area contributed by atoms with Crippen LogP contribution in [0, 0.1) is 0 Å². The van der Waals surface area contributed by atoms with Gasteiger partial charge < -0.3 is 25.3 Å². The normalized spacial score (nSPS) is 13.4. The molecule has 0 atom stereocenters. The smallest absolute Gasteiger partial charge is 0.274 e. The molecule has 1 saturated carbocycles. The predicted molar refractivity (Wildman–Crippen MR) is 186 cm³/mol. The molecular formula is C39H37N8O2-. The van der Waals surface area contributed by atoms with Crippen molar-refractivity contribution >= 4 is 11.8 Å². The maximum Gasteiger partial charge on any atom is 0.274 e. The molecule has 10 nitrogen and oxygen atoms in total. The van der Waals surface area contributed by atoms with Crippen molar-refractivity contribution in [3.8, 4) is 5.69 Å². The van der Waals surface area contributed by atoms with Gasteiger partial charge in [-0.1, -0.05) is 108 Å². The van der Waals surface area contributed by atoms with E-state index in [2.05, 4.69) is 103 Å². The zero-order valence-corrected chi connectivity index (χ0v) is 27.2. The van der Waals surface area contributed by atoms with E-state index in [0.29, 0.717) is 30.0 Å². The van der Waals surface area contributed by atoms with Gasteiger partial charge in [-0.25, -0.2) is 9.67 Å². The van der Waals surface area contributed by atoms with Crippen LogP contribution in [0.15, 0.2) is 133 Å². The zero-order chi connectivity index (χ0) is 33.6. The molecule has 1 aliphatic rings. The van der Waals surface area contributed by atoms with Crippen LogP contribution in [0.1, 0.15) is 64.0 Å². The average molecular weight is 650 g/mol. The van der Waals surface area contributed by atoms with E-state index in [1.165, 1.54) is 0 Å². The van der Waals surface area contributed by atoms with Gasteiger partial charge in [0.2, 0.25) is 0 Å². The Morgan fingerprint density at radius 1 is 0.857 bits per heavy atom. The fraction of sp³-hybridized carbons (Fsp3) is 0.205. The summed E-state index contributed by atoms with van der Waals surface area (Å²) >= 11 is 0. The van der Waals surface area contributed by atoms with Gasteiger partial charge in [0.1, 0.15) is 11.4 Å². The second-order valence-corrected chi connectivity index (χ2v) is 12.0. The quantitative estimate of drug-likeness (QED) is 0.107. The number of carbonyl (C=O) groups excluding carboxylic acids is 1. The first-order chi connectivity index (χ1) is 24.1. The summed E-state index contributed by atoms with van der Waals surface area (Å²) in [6.07, 6.45) is 5.77. The highest BCUT2D eigenvalue weighted by molar-refractivity contribution is 5.94. The lowest BCUT2D eigenvalue weighted by Crippen LogP contribution is -2.39. The second-order valence-electron chi connectivity index (χ2n) is 12.0. The summed E-state index contributed by atoms with van der Waals surface area (Å²) in [5.74, 6) is 0.283. The Labute approximate surface area is 285 Å². The summed E-state index contributed by atoms with van der Waals surface area (Å²) in [7, 11) is 0. The van der Waals surface area contributed by atoms with Gasteiger partial charge in [0, 0.05) is 31.5 Å². The van der Waals surface area contributed by atoms with Gasteiger partial charge in [0.05, 0.1) is 17.9 Å². The Balaban J connectivity index is 1.24. The topological polar surface area (TPSA) is 125 Å². The van der Waals surface area contributed by atoms with Crippen LogP contribution >= 0.6 is 0 Å². The molecule has 0 radical (unpaired) electrons. The summed E-state index contributed by atoms with van der Waals surface area (Å²) < 4.78 is 3.88. The van der Waals surface area contributed by atoms with E-state index in [4.69, 9.17) is 4.98 Å². The lowest BCUT2D eigenvalue weighted by atomic mass is 9.76. The fourth-order valence-electron chi connectivity index (χ4n) is 6.32.